The van der Waals surface area contributed by atoms with Gasteiger partial charge in [0, 0.05) is 26.2 Å². The maximum absolute atomic E-state index is 13.2. The van der Waals surface area contributed by atoms with E-state index < -0.39 is 0 Å². The third-order valence-corrected chi connectivity index (χ3v) is 15.7. The summed E-state index contributed by atoms with van der Waals surface area (Å²) in [5.74, 6) is 0.679. The lowest BCUT2D eigenvalue weighted by Crippen LogP contribution is -2.42. The zero-order chi connectivity index (χ0) is 57.6. The molecular formula is C72H132NO7+. The minimum absolute atomic E-state index is 0.0648. The quantitative estimate of drug-likeness (QED) is 0.0198. The van der Waals surface area contributed by atoms with Crippen molar-refractivity contribution < 1.29 is 37.7 Å². The van der Waals surface area contributed by atoms with E-state index in [9.17, 15) is 4.79 Å². The van der Waals surface area contributed by atoms with Crippen molar-refractivity contribution in [3.05, 3.63) is 72.9 Å². The van der Waals surface area contributed by atoms with Gasteiger partial charge in [0.05, 0.1) is 40.3 Å². The van der Waals surface area contributed by atoms with E-state index in [0.717, 1.165) is 101 Å². The number of esters is 1. The van der Waals surface area contributed by atoms with Gasteiger partial charge in [-0.15, -0.1) is 0 Å². The van der Waals surface area contributed by atoms with Gasteiger partial charge in [0.15, 0.2) is 6.73 Å². The average Bonchev–Trinajstić information content (AvgIpc) is 3.45. The number of nitrogens with zero attached hydrogens (tertiary/aromatic N) is 1. The Morgan fingerprint density at radius 2 is 0.775 bits per heavy atom. The van der Waals surface area contributed by atoms with Crippen molar-refractivity contribution in [3.8, 4) is 0 Å². The highest BCUT2D eigenvalue weighted by Crippen LogP contribution is 2.35. The normalized spacial score (nSPS) is 16.4. The van der Waals surface area contributed by atoms with Crippen LogP contribution in [0.3, 0.4) is 0 Å². The zero-order valence-corrected chi connectivity index (χ0v) is 53.5. The van der Waals surface area contributed by atoms with E-state index in [-0.39, 0.29) is 12.1 Å². The van der Waals surface area contributed by atoms with Crippen LogP contribution >= 0.6 is 0 Å². The Labute approximate surface area is 496 Å². The van der Waals surface area contributed by atoms with Crippen molar-refractivity contribution in [2.45, 2.75) is 297 Å². The molecule has 0 saturated heterocycles. The predicted octanol–water partition coefficient (Wildman–Crippen LogP) is 21.0. The molecule has 1 saturated carbocycles. The first-order valence-corrected chi connectivity index (χ1v) is 34.2. The fourth-order valence-corrected chi connectivity index (χ4v) is 10.6. The molecule has 1 aliphatic carbocycles. The maximum Gasteiger partial charge on any atom is 0.306 e. The molecule has 0 N–H and O–H groups in total. The topological polar surface area (TPSA) is 72.5 Å². The lowest BCUT2D eigenvalue weighted by atomic mass is 9.76. The summed E-state index contributed by atoms with van der Waals surface area (Å²) in [5, 5.41) is 0. The number of carbonyl (C=O) groups is 1. The monoisotopic (exact) mass is 1120 g/mol. The van der Waals surface area contributed by atoms with E-state index in [2.05, 4.69) is 108 Å². The number of carbonyl (C=O) groups excluding carboxylic acids is 1. The van der Waals surface area contributed by atoms with Gasteiger partial charge in [0.1, 0.15) is 19.7 Å². The smallest absolute Gasteiger partial charge is 0.306 e. The van der Waals surface area contributed by atoms with E-state index in [4.69, 9.17) is 28.4 Å². The van der Waals surface area contributed by atoms with E-state index in [1.165, 1.54) is 193 Å². The van der Waals surface area contributed by atoms with Crippen LogP contribution in [-0.2, 0) is 33.2 Å². The van der Waals surface area contributed by atoms with Gasteiger partial charge in [-0.25, -0.2) is 0 Å². The van der Waals surface area contributed by atoms with Crippen LogP contribution in [0.5, 0.6) is 0 Å². The molecule has 0 amide bonds. The number of rotatable bonds is 61. The Hall–Kier alpha value is -2.33. The second-order valence-electron chi connectivity index (χ2n) is 24.1. The van der Waals surface area contributed by atoms with Crippen LogP contribution in [0.15, 0.2) is 72.9 Å². The molecule has 0 heterocycles. The van der Waals surface area contributed by atoms with Crippen molar-refractivity contribution in [1.29, 1.82) is 0 Å². The molecule has 1 rings (SSSR count). The number of unbranched alkanes of at least 4 members (excludes halogenated alkanes) is 27. The molecule has 0 radical (unpaired) electrons. The number of ether oxygens (including phenoxy) is 6. The largest absolute Gasteiger partial charge is 0.462 e. The second-order valence-corrected chi connectivity index (χ2v) is 24.1. The molecular weight excluding hydrogens is 991 g/mol. The lowest BCUT2D eigenvalue weighted by molar-refractivity contribution is -0.909. The van der Waals surface area contributed by atoms with Crippen LogP contribution in [0, 0.1) is 11.8 Å². The SMILES string of the molecule is CCCCC/C=C\C/C=C\CCCCCCCCOCOCCC1CCC(OC(=O)CCC[N+](C)(C)COCCCCCCCC/C=C\C/C=C\CCCCC)CC1COCOCCCCCCCC/C=C\C/C=C\CCCCC. The minimum atomic E-state index is -0.0766. The molecule has 0 aromatic carbocycles. The van der Waals surface area contributed by atoms with Crippen LogP contribution in [0.4, 0.5) is 0 Å². The Bertz CT molecular complexity index is 1470. The van der Waals surface area contributed by atoms with Crippen molar-refractivity contribution in [2.75, 3.05) is 74.0 Å². The highest BCUT2D eigenvalue weighted by molar-refractivity contribution is 5.69. The minimum Gasteiger partial charge on any atom is -0.462 e. The van der Waals surface area contributed by atoms with Gasteiger partial charge in [0.2, 0.25) is 0 Å². The third kappa shape index (κ3) is 54.9. The third-order valence-electron chi connectivity index (χ3n) is 15.7. The second kappa shape index (κ2) is 61.2. The van der Waals surface area contributed by atoms with Crippen molar-refractivity contribution in [3.63, 3.8) is 0 Å². The van der Waals surface area contributed by atoms with Crippen LogP contribution in [-0.4, -0.2) is 90.5 Å². The Balaban J connectivity index is 2.33. The molecule has 80 heavy (non-hydrogen) atoms. The van der Waals surface area contributed by atoms with Gasteiger partial charge >= 0.3 is 5.97 Å². The van der Waals surface area contributed by atoms with Crippen molar-refractivity contribution >= 4 is 5.97 Å². The number of hydrogen-bond donors (Lipinski definition) is 0. The number of hydrogen-bond acceptors (Lipinski definition) is 7. The molecule has 0 aromatic heterocycles. The van der Waals surface area contributed by atoms with Gasteiger partial charge in [-0.3, -0.25) is 4.79 Å². The summed E-state index contributed by atoms with van der Waals surface area (Å²) in [6, 6.07) is 0. The average molecular weight is 1120 g/mol. The fourth-order valence-electron chi connectivity index (χ4n) is 10.6. The highest BCUT2D eigenvalue weighted by Gasteiger charge is 2.32. The Morgan fingerprint density at radius 1 is 0.400 bits per heavy atom. The Kier molecular flexibility index (Phi) is 57.9. The van der Waals surface area contributed by atoms with Gasteiger partial charge in [-0.05, 0) is 153 Å². The summed E-state index contributed by atoms with van der Waals surface area (Å²) in [7, 11) is 4.40. The molecule has 8 heteroatoms. The molecule has 0 spiro atoms. The Morgan fingerprint density at radius 3 is 1.21 bits per heavy atom. The van der Waals surface area contributed by atoms with Crippen LogP contribution in [0.25, 0.3) is 0 Å². The summed E-state index contributed by atoms with van der Waals surface area (Å²) in [5.41, 5.74) is 0. The number of quaternary nitrogens is 1. The molecule has 1 aliphatic rings. The first-order valence-electron chi connectivity index (χ1n) is 34.2. The first kappa shape index (κ1) is 75.7. The molecule has 0 bridgehead atoms. The fraction of sp³-hybridized carbons (Fsp3) is 0.819. The number of allylic oxidation sites excluding steroid dienone is 12. The summed E-state index contributed by atoms with van der Waals surface area (Å²) >= 11 is 0. The predicted molar refractivity (Wildman–Crippen MR) is 344 cm³/mol. The summed E-state index contributed by atoms with van der Waals surface area (Å²) in [4.78, 5) is 13.2. The van der Waals surface area contributed by atoms with Crippen LogP contribution < -0.4 is 0 Å². The van der Waals surface area contributed by atoms with Gasteiger partial charge in [-0.2, -0.15) is 0 Å². The van der Waals surface area contributed by atoms with Gasteiger partial charge < -0.3 is 32.9 Å². The van der Waals surface area contributed by atoms with E-state index in [1.807, 2.05) is 0 Å². The van der Waals surface area contributed by atoms with E-state index in [1.54, 1.807) is 0 Å². The first-order chi connectivity index (χ1) is 39.4. The van der Waals surface area contributed by atoms with Crippen molar-refractivity contribution in [1.82, 2.24) is 0 Å². The summed E-state index contributed by atoms with van der Waals surface area (Å²) < 4.78 is 37.0. The van der Waals surface area contributed by atoms with Gasteiger partial charge in [0.25, 0.3) is 0 Å². The molecule has 0 aromatic rings. The standard InChI is InChI=1S/C72H132NO7/c1-6-9-12-15-18-21-24-27-30-33-36-39-42-45-48-51-60-75-66-73(4,5)59-54-55-72(74)80-71-57-56-69(58-63-78-67-76-61-52-49-46-43-40-37-34-31-28-25-22-19-16-13-10-7-2)70(64-71)65-79-68-77-62-53-50-47-44-41-38-35-32-29-26-23-20-17-14-11-8-3/h18-23,27-32,69-71H,6-17,24-26,33-68H2,1-5H3/q+1/b21-18-,22-19-,23-20-,30-27-,31-28-,32-29-. The highest BCUT2D eigenvalue weighted by atomic mass is 16.7. The van der Waals surface area contributed by atoms with Crippen LogP contribution in [0.2, 0.25) is 0 Å². The molecule has 8 nitrogen and oxygen atoms in total. The summed E-state index contributed by atoms with van der Waals surface area (Å²) in [6.45, 7) is 12.6. The summed E-state index contributed by atoms with van der Waals surface area (Å²) in [6.07, 6.45) is 77.8. The molecule has 3 unspecified atom stereocenters. The molecule has 3 atom stereocenters. The van der Waals surface area contributed by atoms with Crippen molar-refractivity contribution in [2.24, 2.45) is 11.8 Å². The molecule has 0 aliphatic heterocycles. The molecule has 1 fully saturated rings. The van der Waals surface area contributed by atoms with Gasteiger partial charge in [-0.1, -0.05) is 209 Å². The lowest BCUT2D eigenvalue weighted by Gasteiger charge is -2.36. The van der Waals surface area contributed by atoms with Crippen LogP contribution in [0.1, 0.15) is 290 Å². The molecule has 466 valence electrons. The van der Waals surface area contributed by atoms with E-state index in [0.29, 0.717) is 51.8 Å². The zero-order valence-electron chi connectivity index (χ0n) is 53.5. The maximum atomic E-state index is 13.2. The van der Waals surface area contributed by atoms with E-state index >= 15 is 0 Å².